The molecule has 0 saturated carbocycles. The molecule has 0 atom stereocenters. The van der Waals surface area contributed by atoms with E-state index in [4.69, 9.17) is 0 Å². The molecule has 0 aliphatic carbocycles. The molecule has 0 radical (unpaired) electrons. The molecule has 8 heteroatoms. The van der Waals surface area contributed by atoms with Crippen molar-refractivity contribution in [3.63, 3.8) is 0 Å². The van der Waals surface area contributed by atoms with E-state index >= 15 is 0 Å². The average Bonchev–Trinajstić information content (AvgIpc) is 3.23. The van der Waals surface area contributed by atoms with Gasteiger partial charge in [0.1, 0.15) is 11.6 Å². The molecule has 3 aromatic rings. The largest absolute Gasteiger partial charge is 0.360 e. The summed E-state index contributed by atoms with van der Waals surface area (Å²) in [6.07, 6.45) is 1.44. The van der Waals surface area contributed by atoms with Crippen LogP contribution in [0.15, 0.2) is 54.7 Å². The number of anilines is 1. The van der Waals surface area contributed by atoms with E-state index in [0.717, 1.165) is 5.56 Å². The maximum atomic E-state index is 12.6. The van der Waals surface area contributed by atoms with Crippen molar-refractivity contribution in [2.45, 2.75) is 13.5 Å². The van der Waals surface area contributed by atoms with Gasteiger partial charge in [-0.05, 0) is 29.8 Å². The highest BCUT2D eigenvalue weighted by molar-refractivity contribution is 5.99. The second-order valence-corrected chi connectivity index (χ2v) is 5.76. The first-order chi connectivity index (χ1) is 13.2. The van der Waals surface area contributed by atoms with E-state index in [9.17, 15) is 10.1 Å². The summed E-state index contributed by atoms with van der Waals surface area (Å²) in [6.45, 7) is 2.44. The van der Waals surface area contributed by atoms with E-state index < -0.39 is 0 Å². The number of nitriles is 1. The molecule has 0 fully saturated rings. The summed E-state index contributed by atoms with van der Waals surface area (Å²) in [4.78, 5) is 12.6. The Labute approximate surface area is 155 Å². The van der Waals surface area contributed by atoms with Crippen LogP contribution in [-0.2, 0) is 6.54 Å². The fourth-order valence-corrected chi connectivity index (χ4v) is 2.36. The maximum absolute atomic E-state index is 12.6. The Kier molecular flexibility index (Phi) is 5.54. The minimum absolute atomic E-state index is 0.173. The quantitative estimate of drug-likeness (QED) is 0.582. The van der Waals surface area contributed by atoms with Crippen LogP contribution >= 0.6 is 0 Å². The van der Waals surface area contributed by atoms with E-state index in [1.165, 1.54) is 11.8 Å². The normalized spacial score (nSPS) is 10.9. The molecule has 0 saturated heterocycles. The zero-order valence-electron chi connectivity index (χ0n) is 14.6. The van der Waals surface area contributed by atoms with Crippen molar-refractivity contribution in [1.29, 1.82) is 5.26 Å². The molecule has 0 aliphatic rings. The number of carbonyl (C=O) groups excluding carboxylic acids is 1. The SMILES string of the molecule is Cc1ccc(CNC(=O)c2ccccc2NC=C(C#N)c2nn[nH]n2)cc1. The number of hydrogen-bond acceptors (Lipinski definition) is 6. The van der Waals surface area contributed by atoms with Crippen LogP contribution < -0.4 is 10.6 Å². The molecule has 0 spiro atoms. The summed E-state index contributed by atoms with van der Waals surface area (Å²) in [6, 6.07) is 17.0. The molecule has 3 rings (SSSR count). The first-order valence-corrected chi connectivity index (χ1v) is 8.21. The van der Waals surface area contributed by atoms with Crippen molar-refractivity contribution in [2.24, 2.45) is 0 Å². The Morgan fingerprint density at radius 2 is 2.00 bits per heavy atom. The molecule has 27 heavy (non-hydrogen) atoms. The maximum Gasteiger partial charge on any atom is 0.253 e. The number of allylic oxidation sites excluding steroid dienone is 1. The molecule has 0 bridgehead atoms. The number of aromatic amines is 1. The van der Waals surface area contributed by atoms with Crippen molar-refractivity contribution >= 4 is 17.2 Å². The Morgan fingerprint density at radius 1 is 1.22 bits per heavy atom. The second kappa shape index (κ2) is 8.40. The molecule has 0 unspecified atom stereocenters. The zero-order valence-corrected chi connectivity index (χ0v) is 14.6. The van der Waals surface area contributed by atoms with Gasteiger partial charge in [-0.3, -0.25) is 4.79 Å². The lowest BCUT2D eigenvalue weighted by Gasteiger charge is -2.10. The number of hydrogen-bond donors (Lipinski definition) is 3. The van der Waals surface area contributed by atoms with E-state index in [-0.39, 0.29) is 17.3 Å². The smallest absolute Gasteiger partial charge is 0.253 e. The van der Waals surface area contributed by atoms with Gasteiger partial charge in [-0.25, -0.2) is 0 Å². The van der Waals surface area contributed by atoms with Gasteiger partial charge in [-0.2, -0.15) is 10.5 Å². The molecule has 0 aliphatic heterocycles. The van der Waals surface area contributed by atoms with Crippen LogP contribution in [0.4, 0.5) is 5.69 Å². The van der Waals surface area contributed by atoms with Gasteiger partial charge in [0.05, 0.1) is 11.3 Å². The molecule has 1 amide bonds. The minimum Gasteiger partial charge on any atom is -0.360 e. The Bertz CT molecular complexity index is 986. The molecular formula is C19H17N7O. The fourth-order valence-electron chi connectivity index (χ4n) is 2.36. The van der Waals surface area contributed by atoms with Gasteiger partial charge in [-0.1, -0.05) is 42.0 Å². The molecule has 1 heterocycles. The van der Waals surface area contributed by atoms with Crippen LogP contribution in [-0.4, -0.2) is 26.5 Å². The van der Waals surface area contributed by atoms with Gasteiger partial charge >= 0.3 is 0 Å². The van der Waals surface area contributed by atoms with Crippen molar-refractivity contribution in [3.05, 3.63) is 77.2 Å². The van der Waals surface area contributed by atoms with E-state index in [0.29, 0.717) is 17.8 Å². The van der Waals surface area contributed by atoms with Gasteiger partial charge in [0.25, 0.3) is 5.91 Å². The number of rotatable bonds is 6. The van der Waals surface area contributed by atoms with Gasteiger partial charge < -0.3 is 10.6 Å². The molecular weight excluding hydrogens is 342 g/mol. The van der Waals surface area contributed by atoms with Gasteiger partial charge in [0.15, 0.2) is 0 Å². The molecule has 134 valence electrons. The van der Waals surface area contributed by atoms with Gasteiger partial charge in [0.2, 0.25) is 5.82 Å². The van der Waals surface area contributed by atoms with Gasteiger partial charge in [-0.15, -0.1) is 10.2 Å². The van der Waals surface area contributed by atoms with Crippen molar-refractivity contribution in [1.82, 2.24) is 25.9 Å². The van der Waals surface area contributed by atoms with Crippen LogP contribution in [0.3, 0.4) is 0 Å². The third-order valence-corrected chi connectivity index (χ3v) is 3.82. The Morgan fingerprint density at radius 3 is 2.70 bits per heavy atom. The van der Waals surface area contributed by atoms with E-state index in [1.54, 1.807) is 24.3 Å². The van der Waals surface area contributed by atoms with Crippen molar-refractivity contribution < 1.29 is 4.79 Å². The number of para-hydroxylation sites is 1. The molecule has 3 N–H and O–H groups in total. The first-order valence-electron chi connectivity index (χ1n) is 8.21. The lowest BCUT2D eigenvalue weighted by molar-refractivity contribution is 0.0951. The molecule has 2 aromatic carbocycles. The third kappa shape index (κ3) is 4.55. The summed E-state index contributed by atoms with van der Waals surface area (Å²) in [5.74, 6) is -0.0450. The van der Waals surface area contributed by atoms with Crippen LogP contribution in [0.25, 0.3) is 5.57 Å². The number of tetrazole rings is 1. The average molecular weight is 359 g/mol. The standard InChI is InChI=1S/C19H17N7O/c1-13-6-8-14(9-7-13)11-22-19(27)16-4-2-3-5-17(16)21-12-15(10-20)18-23-25-26-24-18/h2-9,12,21H,11H2,1H3,(H,22,27)(H,23,24,25,26). The summed E-state index contributed by atoms with van der Waals surface area (Å²) in [7, 11) is 0. The molecule has 8 nitrogen and oxygen atoms in total. The number of H-pyrrole nitrogens is 1. The fraction of sp³-hybridized carbons (Fsp3) is 0.105. The van der Waals surface area contributed by atoms with Crippen molar-refractivity contribution in [2.75, 3.05) is 5.32 Å². The summed E-state index contributed by atoms with van der Waals surface area (Å²) in [5, 5.41) is 28.4. The number of aryl methyl sites for hydroxylation is 1. The van der Waals surface area contributed by atoms with Crippen molar-refractivity contribution in [3.8, 4) is 6.07 Å². The highest BCUT2D eigenvalue weighted by Crippen LogP contribution is 2.17. The Balaban J connectivity index is 1.72. The van der Waals surface area contributed by atoms with E-state index in [1.807, 2.05) is 37.3 Å². The predicted molar refractivity (Wildman–Crippen MR) is 100 cm³/mol. The number of benzene rings is 2. The number of aromatic nitrogens is 4. The predicted octanol–water partition coefficient (Wildman–Crippen LogP) is 2.41. The van der Waals surface area contributed by atoms with Gasteiger partial charge in [0, 0.05) is 12.7 Å². The lowest BCUT2D eigenvalue weighted by Crippen LogP contribution is -2.23. The highest BCUT2D eigenvalue weighted by atomic mass is 16.1. The topological polar surface area (TPSA) is 119 Å². The van der Waals surface area contributed by atoms with Crippen LogP contribution in [0.5, 0.6) is 0 Å². The number of nitrogens with zero attached hydrogens (tertiary/aromatic N) is 4. The van der Waals surface area contributed by atoms with E-state index in [2.05, 4.69) is 31.3 Å². The monoisotopic (exact) mass is 359 g/mol. The number of carbonyl (C=O) groups is 1. The summed E-state index contributed by atoms with van der Waals surface area (Å²) >= 11 is 0. The van der Waals surface area contributed by atoms with Crippen LogP contribution in [0.1, 0.15) is 27.3 Å². The molecule has 1 aromatic heterocycles. The first kappa shape index (κ1) is 17.8. The highest BCUT2D eigenvalue weighted by Gasteiger charge is 2.11. The van der Waals surface area contributed by atoms with Crippen LogP contribution in [0.2, 0.25) is 0 Å². The number of amides is 1. The third-order valence-electron chi connectivity index (χ3n) is 3.82. The Hall–Kier alpha value is -3.99. The second-order valence-electron chi connectivity index (χ2n) is 5.76. The summed E-state index contributed by atoms with van der Waals surface area (Å²) < 4.78 is 0. The zero-order chi connectivity index (χ0) is 19.1. The summed E-state index contributed by atoms with van der Waals surface area (Å²) in [5.41, 5.74) is 3.41. The lowest BCUT2D eigenvalue weighted by atomic mass is 10.1. The minimum atomic E-state index is -0.217. The van der Waals surface area contributed by atoms with Crippen LogP contribution in [0, 0.1) is 18.3 Å². The number of nitrogens with one attached hydrogen (secondary N) is 3.